The summed E-state index contributed by atoms with van der Waals surface area (Å²) in [4.78, 5) is 0. The van der Waals surface area contributed by atoms with E-state index in [9.17, 15) is 0 Å². The number of aryl methyl sites for hydroxylation is 1. The van der Waals surface area contributed by atoms with E-state index in [4.69, 9.17) is 16.3 Å². The molecule has 112 valence electrons. The third-order valence-corrected chi connectivity index (χ3v) is 3.92. The second kappa shape index (κ2) is 7.37. The Morgan fingerprint density at radius 1 is 1.10 bits per heavy atom. The maximum atomic E-state index is 6.09. The summed E-state index contributed by atoms with van der Waals surface area (Å²) in [5, 5.41) is 4.24. The van der Waals surface area contributed by atoms with Crippen molar-refractivity contribution in [2.45, 2.75) is 32.7 Å². The maximum absolute atomic E-state index is 6.09. The molecule has 2 rings (SSSR count). The van der Waals surface area contributed by atoms with Gasteiger partial charge in [0.15, 0.2) is 0 Å². The third-order valence-electron chi connectivity index (χ3n) is 3.69. The largest absolute Gasteiger partial charge is 0.495 e. The van der Waals surface area contributed by atoms with E-state index in [1.165, 1.54) is 11.1 Å². The van der Waals surface area contributed by atoms with E-state index in [1.54, 1.807) is 7.11 Å². The first-order valence-corrected chi connectivity index (χ1v) is 7.74. The van der Waals surface area contributed by atoms with Crippen molar-refractivity contribution in [2.24, 2.45) is 0 Å². The Kier molecular flexibility index (Phi) is 5.51. The first kappa shape index (κ1) is 15.7. The van der Waals surface area contributed by atoms with E-state index < -0.39 is 0 Å². The predicted octanol–water partition coefficient (Wildman–Crippen LogP) is 5.47. The van der Waals surface area contributed by atoms with Gasteiger partial charge in [0.1, 0.15) is 5.75 Å². The van der Waals surface area contributed by atoms with E-state index in [-0.39, 0.29) is 6.04 Å². The van der Waals surface area contributed by atoms with Crippen molar-refractivity contribution >= 4 is 17.3 Å². The van der Waals surface area contributed by atoms with Gasteiger partial charge >= 0.3 is 0 Å². The summed E-state index contributed by atoms with van der Waals surface area (Å²) in [7, 11) is 1.67. The van der Waals surface area contributed by atoms with Gasteiger partial charge < -0.3 is 10.1 Å². The highest BCUT2D eigenvalue weighted by molar-refractivity contribution is 6.30. The molecule has 0 fully saturated rings. The molecule has 0 bridgehead atoms. The average molecular weight is 304 g/mol. The summed E-state index contributed by atoms with van der Waals surface area (Å²) >= 11 is 6.09. The van der Waals surface area contributed by atoms with E-state index >= 15 is 0 Å². The van der Waals surface area contributed by atoms with Crippen LogP contribution in [-0.4, -0.2) is 7.11 Å². The van der Waals surface area contributed by atoms with Crippen LogP contribution in [0.25, 0.3) is 0 Å². The highest BCUT2D eigenvalue weighted by Crippen LogP contribution is 2.32. The van der Waals surface area contributed by atoms with Crippen molar-refractivity contribution in [1.29, 1.82) is 0 Å². The fraction of sp³-hybridized carbons (Fsp3) is 0.333. The number of ether oxygens (including phenoxy) is 1. The Hall–Kier alpha value is -1.67. The van der Waals surface area contributed by atoms with Gasteiger partial charge in [-0.1, -0.05) is 49.7 Å². The number of rotatable bonds is 6. The summed E-state index contributed by atoms with van der Waals surface area (Å²) < 4.78 is 5.40. The molecular formula is C18H22ClNO. The number of hydrogen-bond acceptors (Lipinski definition) is 2. The molecule has 2 aromatic rings. The Bertz CT molecular complexity index is 580. The van der Waals surface area contributed by atoms with Crippen LogP contribution in [0.1, 0.15) is 37.4 Å². The second-order valence-corrected chi connectivity index (χ2v) is 5.48. The molecule has 2 nitrogen and oxygen atoms in total. The fourth-order valence-corrected chi connectivity index (χ4v) is 2.56. The van der Waals surface area contributed by atoms with E-state index in [1.807, 2.05) is 18.2 Å². The maximum Gasteiger partial charge on any atom is 0.142 e. The molecule has 1 atom stereocenters. The van der Waals surface area contributed by atoms with Crippen molar-refractivity contribution in [1.82, 2.24) is 0 Å². The lowest BCUT2D eigenvalue weighted by atomic mass is 10.0. The monoisotopic (exact) mass is 303 g/mol. The Balaban J connectivity index is 2.23. The third kappa shape index (κ3) is 3.92. The van der Waals surface area contributed by atoms with Crippen LogP contribution in [0.4, 0.5) is 5.69 Å². The van der Waals surface area contributed by atoms with Crippen LogP contribution in [0.15, 0.2) is 42.5 Å². The number of nitrogens with one attached hydrogen (secondary N) is 1. The SMILES string of the molecule is CCc1ccc(C(CC)Nc2cc(Cl)ccc2OC)cc1. The van der Waals surface area contributed by atoms with Crippen molar-refractivity contribution < 1.29 is 4.74 Å². The summed E-state index contributed by atoms with van der Waals surface area (Å²) in [5.41, 5.74) is 3.56. The molecular weight excluding hydrogens is 282 g/mol. The van der Waals surface area contributed by atoms with Crippen molar-refractivity contribution in [2.75, 3.05) is 12.4 Å². The molecule has 1 N–H and O–H groups in total. The number of halogens is 1. The van der Waals surface area contributed by atoms with Gasteiger partial charge in [-0.15, -0.1) is 0 Å². The second-order valence-electron chi connectivity index (χ2n) is 5.04. The number of hydrogen-bond donors (Lipinski definition) is 1. The van der Waals surface area contributed by atoms with Crippen LogP contribution in [0.5, 0.6) is 5.75 Å². The molecule has 0 heterocycles. The van der Waals surface area contributed by atoms with Gasteiger partial charge in [0.2, 0.25) is 0 Å². The van der Waals surface area contributed by atoms with E-state index in [2.05, 4.69) is 43.4 Å². The molecule has 0 spiro atoms. The normalized spacial score (nSPS) is 12.0. The van der Waals surface area contributed by atoms with E-state index in [0.717, 1.165) is 24.3 Å². The highest BCUT2D eigenvalue weighted by atomic mass is 35.5. The topological polar surface area (TPSA) is 21.3 Å². The minimum atomic E-state index is 0.239. The molecule has 0 aliphatic rings. The lowest BCUT2D eigenvalue weighted by Crippen LogP contribution is -2.10. The van der Waals surface area contributed by atoms with Crippen molar-refractivity contribution in [3.05, 3.63) is 58.6 Å². The molecule has 0 saturated heterocycles. The van der Waals surface area contributed by atoms with Crippen LogP contribution in [0.2, 0.25) is 5.02 Å². The lowest BCUT2D eigenvalue weighted by Gasteiger charge is -2.21. The lowest BCUT2D eigenvalue weighted by molar-refractivity contribution is 0.416. The van der Waals surface area contributed by atoms with Crippen LogP contribution in [-0.2, 0) is 6.42 Å². The fourth-order valence-electron chi connectivity index (χ4n) is 2.39. The molecule has 0 amide bonds. The molecule has 0 radical (unpaired) electrons. The zero-order valence-electron chi connectivity index (χ0n) is 12.8. The first-order chi connectivity index (χ1) is 10.2. The molecule has 21 heavy (non-hydrogen) atoms. The van der Waals surface area contributed by atoms with Gasteiger partial charge in [-0.2, -0.15) is 0 Å². The molecule has 0 aliphatic heterocycles. The summed E-state index contributed by atoms with van der Waals surface area (Å²) in [6.45, 7) is 4.34. The van der Waals surface area contributed by atoms with Gasteiger partial charge in [-0.25, -0.2) is 0 Å². The molecule has 2 aromatic carbocycles. The average Bonchev–Trinajstić information content (AvgIpc) is 2.53. The summed E-state index contributed by atoms with van der Waals surface area (Å²) in [5.74, 6) is 0.808. The smallest absolute Gasteiger partial charge is 0.142 e. The minimum absolute atomic E-state index is 0.239. The van der Waals surface area contributed by atoms with Gasteiger partial charge in [-0.05, 0) is 42.2 Å². The molecule has 1 unspecified atom stereocenters. The Morgan fingerprint density at radius 3 is 2.38 bits per heavy atom. The van der Waals surface area contributed by atoms with Gasteiger partial charge in [0, 0.05) is 5.02 Å². The van der Waals surface area contributed by atoms with Gasteiger partial charge in [-0.3, -0.25) is 0 Å². The summed E-state index contributed by atoms with van der Waals surface area (Å²) in [6.07, 6.45) is 2.05. The zero-order valence-corrected chi connectivity index (χ0v) is 13.6. The van der Waals surface area contributed by atoms with Crippen LogP contribution >= 0.6 is 11.6 Å². The first-order valence-electron chi connectivity index (χ1n) is 7.36. The molecule has 0 saturated carbocycles. The number of methoxy groups -OCH3 is 1. The number of benzene rings is 2. The van der Waals surface area contributed by atoms with Gasteiger partial charge in [0.25, 0.3) is 0 Å². The molecule has 0 aliphatic carbocycles. The number of anilines is 1. The van der Waals surface area contributed by atoms with Crippen LogP contribution < -0.4 is 10.1 Å². The van der Waals surface area contributed by atoms with Crippen LogP contribution in [0, 0.1) is 0 Å². The van der Waals surface area contributed by atoms with Crippen molar-refractivity contribution in [3.63, 3.8) is 0 Å². The predicted molar refractivity (Wildman–Crippen MR) is 90.5 cm³/mol. The van der Waals surface area contributed by atoms with Gasteiger partial charge in [0.05, 0.1) is 18.8 Å². The Morgan fingerprint density at radius 2 is 1.81 bits per heavy atom. The zero-order chi connectivity index (χ0) is 15.2. The minimum Gasteiger partial charge on any atom is -0.495 e. The van der Waals surface area contributed by atoms with E-state index in [0.29, 0.717) is 5.02 Å². The molecule has 3 heteroatoms. The highest BCUT2D eigenvalue weighted by Gasteiger charge is 2.12. The molecule has 0 aromatic heterocycles. The summed E-state index contributed by atoms with van der Waals surface area (Å²) in [6, 6.07) is 14.6. The van der Waals surface area contributed by atoms with Crippen molar-refractivity contribution in [3.8, 4) is 5.75 Å². The quantitative estimate of drug-likeness (QED) is 0.763. The van der Waals surface area contributed by atoms with Crippen LogP contribution in [0.3, 0.4) is 0 Å². The Labute approximate surface area is 132 Å². The standard InChI is InChI=1S/C18H22ClNO/c1-4-13-6-8-14(9-7-13)16(5-2)20-17-12-15(19)10-11-18(17)21-3/h6-12,16,20H,4-5H2,1-3H3.